The van der Waals surface area contributed by atoms with Gasteiger partial charge in [-0.1, -0.05) is 18.2 Å². The van der Waals surface area contributed by atoms with Gasteiger partial charge in [0.05, 0.1) is 23.0 Å². The lowest BCUT2D eigenvalue weighted by Gasteiger charge is -2.31. The van der Waals surface area contributed by atoms with Gasteiger partial charge in [-0.15, -0.1) is 0 Å². The van der Waals surface area contributed by atoms with Crippen molar-refractivity contribution in [1.82, 2.24) is 14.8 Å². The van der Waals surface area contributed by atoms with Gasteiger partial charge in [0.15, 0.2) is 0 Å². The minimum absolute atomic E-state index is 0.0549. The lowest BCUT2D eigenvalue weighted by atomic mass is 10.0. The zero-order valence-electron chi connectivity index (χ0n) is 26.1. The number of pyridine rings is 1. The van der Waals surface area contributed by atoms with Crippen LogP contribution in [0.4, 0.5) is 34.3 Å². The topological polar surface area (TPSA) is 104 Å². The predicted molar refractivity (Wildman–Crippen MR) is 159 cm³/mol. The largest absolute Gasteiger partial charge is 0.444 e. The Morgan fingerprint density at radius 1 is 0.955 bits per heavy atom. The molecule has 0 radical (unpaired) electrons. The van der Waals surface area contributed by atoms with Crippen molar-refractivity contribution < 1.29 is 37.0 Å². The molecule has 3 heterocycles. The highest BCUT2D eigenvalue weighted by Crippen LogP contribution is 2.41. The zero-order chi connectivity index (χ0) is 32.6. The Balaban J connectivity index is 1.89. The zero-order valence-corrected chi connectivity index (χ0v) is 26.1. The van der Waals surface area contributed by atoms with Crippen molar-refractivity contribution in [2.75, 3.05) is 36.9 Å². The first-order valence-corrected chi connectivity index (χ1v) is 14.5. The van der Waals surface area contributed by atoms with E-state index in [1.54, 1.807) is 66.8 Å². The highest BCUT2D eigenvalue weighted by molar-refractivity contribution is 5.91. The van der Waals surface area contributed by atoms with Crippen LogP contribution < -0.4 is 10.2 Å². The van der Waals surface area contributed by atoms with Gasteiger partial charge < -0.3 is 19.7 Å². The van der Waals surface area contributed by atoms with Gasteiger partial charge in [0.2, 0.25) is 5.91 Å². The first kappa shape index (κ1) is 32.9. The van der Waals surface area contributed by atoms with E-state index in [0.717, 1.165) is 6.07 Å². The highest BCUT2D eigenvalue weighted by atomic mass is 19.4. The second-order valence-corrected chi connectivity index (χ2v) is 13.0. The van der Waals surface area contributed by atoms with Crippen molar-refractivity contribution in [3.8, 4) is 11.3 Å². The summed E-state index contributed by atoms with van der Waals surface area (Å²) in [7, 11) is 1.58. The molecule has 3 amide bonds. The third-order valence-electron chi connectivity index (χ3n) is 7.12. The molecule has 4 bridgehead atoms. The average molecular weight is 620 g/mol. The maximum Gasteiger partial charge on any atom is 0.418 e. The number of anilines is 2. The molecule has 0 unspecified atom stereocenters. The van der Waals surface area contributed by atoms with E-state index in [0.29, 0.717) is 6.42 Å². The summed E-state index contributed by atoms with van der Waals surface area (Å²) in [6.45, 7) is 10.5. The van der Waals surface area contributed by atoms with Gasteiger partial charge in [-0.3, -0.25) is 14.6 Å². The molecule has 1 aromatic heterocycles. The second-order valence-electron chi connectivity index (χ2n) is 13.0. The van der Waals surface area contributed by atoms with Crippen molar-refractivity contribution in [3.63, 3.8) is 0 Å². The van der Waals surface area contributed by atoms with Crippen LogP contribution in [-0.2, 0) is 20.4 Å². The molecular weight excluding hydrogens is 579 g/mol. The molecule has 1 N–H and O–H groups in total. The molecule has 2 aliphatic heterocycles. The third-order valence-corrected chi connectivity index (χ3v) is 7.12. The summed E-state index contributed by atoms with van der Waals surface area (Å²) < 4.78 is 53.7. The maximum atomic E-state index is 14.1. The average Bonchev–Trinajstić information content (AvgIpc) is 3.32. The first-order valence-electron chi connectivity index (χ1n) is 14.5. The molecule has 13 heteroatoms. The van der Waals surface area contributed by atoms with Crippen LogP contribution in [-0.4, -0.2) is 82.8 Å². The normalized spacial score (nSPS) is 19.9. The Kier molecular flexibility index (Phi) is 9.09. The highest BCUT2D eigenvalue weighted by Gasteiger charge is 2.47. The molecule has 2 aromatic rings. The van der Waals surface area contributed by atoms with Crippen LogP contribution >= 0.6 is 0 Å². The molecule has 0 aliphatic carbocycles. The number of aromatic nitrogens is 1. The lowest BCUT2D eigenvalue weighted by molar-refractivity contribution is -0.137. The number of para-hydroxylation sites is 1. The van der Waals surface area contributed by atoms with E-state index in [-0.39, 0.29) is 54.7 Å². The Morgan fingerprint density at radius 3 is 2.23 bits per heavy atom. The number of nitrogens with one attached hydrogen (secondary N) is 1. The van der Waals surface area contributed by atoms with Crippen LogP contribution in [0.25, 0.3) is 11.3 Å². The van der Waals surface area contributed by atoms with Crippen molar-refractivity contribution in [2.24, 2.45) is 0 Å². The molecule has 1 fully saturated rings. The van der Waals surface area contributed by atoms with Crippen LogP contribution in [0.15, 0.2) is 36.4 Å². The fourth-order valence-corrected chi connectivity index (χ4v) is 5.29. The van der Waals surface area contributed by atoms with Gasteiger partial charge in [0, 0.05) is 32.2 Å². The Labute approximate surface area is 255 Å². The second kappa shape index (κ2) is 12.2. The number of benzene rings is 1. The van der Waals surface area contributed by atoms with Gasteiger partial charge in [0.25, 0.3) is 0 Å². The number of nitrogens with zero attached hydrogens (tertiary/aromatic N) is 4. The van der Waals surface area contributed by atoms with Gasteiger partial charge in [-0.05, 0) is 72.6 Å². The van der Waals surface area contributed by atoms with E-state index in [1.807, 2.05) is 0 Å². The molecular formula is C31H40F3N5O5. The van der Waals surface area contributed by atoms with Crippen molar-refractivity contribution in [3.05, 3.63) is 42.0 Å². The van der Waals surface area contributed by atoms with Gasteiger partial charge in [-0.2, -0.15) is 13.2 Å². The number of halogens is 3. The molecule has 44 heavy (non-hydrogen) atoms. The van der Waals surface area contributed by atoms with Crippen LogP contribution in [0.5, 0.6) is 0 Å². The lowest BCUT2D eigenvalue weighted by Crippen LogP contribution is -2.48. The Hall–Kier alpha value is -4.03. The fourth-order valence-electron chi connectivity index (χ4n) is 5.29. The number of carbonyl (C=O) groups is 3. The standard InChI is InChI=1S/C31H40F3N5O5/c1-29(2,3)43-27(41)38-18-19-17-23(38)26(40)37(7)16-10-15-35-25-20(11-8-12-21(25)31(32,33)34)22-13-9-14-24(36-22)39(19)28(42)44-30(4,5)6/h8-9,11-14,19,23,35H,10,15-18H2,1-7H3/t19-,23-/m0/s1. The van der Waals surface area contributed by atoms with Crippen LogP contribution in [0.3, 0.4) is 0 Å². The monoisotopic (exact) mass is 619 g/mol. The van der Waals surface area contributed by atoms with E-state index in [2.05, 4.69) is 10.3 Å². The number of likely N-dealkylation sites (N-methyl/N-ethyl adjacent to an activating group) is 1. The quantitative estimate of drug-likeness (QED) is 0.377. The van der Waals surface area contributed by atoms with Crippen molar-refractivity contribution in [2.45, 2.75) is 83.8 Å². The van der Waals surface area contributed by atoms with Gasteiger partial charge in [0.1, 0.15) is 23.1 Å². The summed E-state index contributed by atoms with van der Waals surface area (Å²) in [4.78, 5) is 49.6. The van der Waals surface area contributed by atoms with Crippen molar-refractivity contribution >= 4 is 29.6 Å². The summed E-state index contributed by atoms with van der Waals surface area (Å²) in [5.41, 5.74) is -2.33. The Morgan fingerprint density at radius 2 is 1.59 bits per heavy atom. The summed E-state index contributed by atoms with van der Waals surface area (Å²) in [6.07, 6.45) is -5.72. The number of amides is 3. The number of alkyl halides is 3. The predicted octanol–water partition coefficient (Wildman–Crippen LogP) is 6.16. The van der Waals surface area contributed by atoms with E-state index in [4.69, 9.17) is 9.47 Å². The Bertz CT molecular complexity index is 1400. The first-order chi connectivity index (χ1) is 20.4. The third kappa shape index (κ3) is 7.54. The minimum atomic E-state index is -4.64. The summed E-state index contributed by atoms with van der Waals surface area (Å²) in [5, 5.41) is 2.92. The van der Waals surface area contributed by atoms with E-state index >= 15 is 0 Å². The molecule has 0 saturated carbocycles. The molecule has 1 saturated heterocycles. The molecule has 2 aliphatic rings. The van der Waals surface area contributed by atoms with Crippen LogP contribution in [0.2, 0.25) is 0 Å². The van der Waals surface area contributed by atoms with Crippen molar-refractivity contribution in [1.29, 1.82) is 0 Å². The number of hydrogen-bond acceptors (Lipinski definition) is 7. The molecule has 1 aromatic carbocycles. The summed E-state index contributed by atoms with van der Waals surface area (Å²) in [6, 6.07) is 6.83. The van der Waals surface area contributed by atoms with Crippen LogP contribution in [0.1, 0.15) is 59.9 Å². The maximum absolute atomic E-state index is 14.1. The van der Waals surface area contributed by atoms with E-state index < -0.39 is 47.2 Å². The number of hydrogen-bond donors (Lipinski definition) is 1. The molecule has 240 valence electrons. The molecule has 4 rings (SSSR count). The smallest absolute Gasteiger partial charge is 0.418 e. The molecule has 0 spiro atoms. The van der Waals surface area contributed by atoms with Gasteiger partial charge >= 0.3 is 18.4 Å². The number of fused-ring (bicyclic) bond motifs is 6. The SMILES string of the molecule is CN1CCCNc2c(cccc2C(F)(F)F)-c2cccc(n2)N(C(=O)OC(C)(C)C)[C@H]2C[C@@H](C1=O)N(C(=O)OC(C)(C)C)C2. The minimum Gasteiger partial charge on any atom is -0.444 e. The molecule has 10 nitrogen and oxygen atoms in total. The number of likely N-dealkylation sites (tertiary alicyclic amines) is 1. The number of ether oxygens (including phenoxy) is 2. The van der Waals surface area contributed by atoms with E-state index in [1.165, 1.54) is 26.8 Å². The summed E-state index contributed by atoms with van der Waals surface area (Å²) >= 11 is 0. The number of rotatable bonds is 0. The van der Waals surface area contributed by atoms with E-state index in [9.17, 15) is 27.6 Å². The van der Waals surface area contributed by atoms with Crippen LogP contribution in [0, 0.1) is 0 Å². The van der Waals surface area contributed by atoms with Gasteiger partial charge in [-0.25, -0.2) is 14.6 Å². The summed E-state index contributed by atoms with van der Waals surface area (Å²) in [5.74, 6) is -0.277. The molecule has 2 atom stereocenters. The number of carbonyl (C=O) groups excluding carboxylic acids is 3. The fraction of sp³-hybridized carbons (Fsp3) is 0.548.